The lowest BCUT2D eigenvalue weighted by Gasteiger charge is -2.01. The molecular formula is C7H6ClF2N. The summed E-state index contributed by atoms with van der Waals surface area (Å²) in [6, 6.07) is 0. The smallest absolute Gasteiger partial charge is 0.117 e. The summed E-state index contributed by atoms with van der Waals surface area (Å²) in [6.07, 6.45) is 2.59. The first-order valence-electron chi connectivity index (χ1n) is 3.02. The molecule has 1 nitrogen and oxygen atoms in total. The van der Waals surface area contributed by atoms with E-state index in [0.29, 0.717) is 0 Å². The zero-order chi connectivity index (χ0) is 8.27. The summed E-state index contributed by atoms with van der Waals surface area (Å²) >= 11 is 5.59. The number of nitrogens with zero attached hydrogens (tertiary/aromatic N) is 1. The van der Waals surface area contributed by atoms with Crippen LogP contribution in [0.3, 0.4) is 0 Å². The Morgan fingerprint density at radius 3 is 2.00 bits per heavy atom. The number of aromatic nitrogens is 1. The zero-order valence-electron chi connectivity index (χ0n) is 5.65. The number of alkyl halides is 2. The fourth-order valence-electron chi connectivity index (χ4n) is 0.723. The lowest BCUT2D eigenvalue weighted by Crippen LogP contribution is -1.89. The topological polar surface area (TPSA) is 12.9 Å². The fraction of sp³-hybridized carbons (Fsp3) is 0.286. The Morgan fingerprint density at radius 2 is 1.64 bits per heavy atom. The molecule has 0 aliphatic rings. The summed E-state index contributed by atoms with van der Waals surface area (Å²) < 4.78 is 24.1. The van der Waals surface area contributed by atoms with Crippen molar-refractivity contribution in [3.05, 3.63) is 28.5 Å². The molecule has 11 heavy (non-hydrogen) atoms. The molecule has 0 bridgehead atoms. The van der Waals surface area contributed by atoms with Crippen molar-refractivity contribution in [3.63, 3.8) is 0 Å². The molecule has 4 heteroatoms. The van der Waals surface area contributed by atoms with Crippen molar-refractivity contribution in [2.45, 2.75) is 13.3 Å². The van der Waals surface area contributed by atoms with Crippen molar-refractivity contribution in [1.29, 1.82) is 0 Å². The van der Waals surface area contributed by atoms with Gasteiger partial charge in [-0.1, -0.05) is 11.6 Å². The predicted octanol–water partition coefficient (Wildman–Crippen LogP) is 2.67. The van der Waals surface area contributed by atoms with Crippen LogP contribution in [-0.4, -0.2) is 4.98 Å². The molecule has 0 atom stereocenters. The van der Waals surface area contributed by atoms with Gasteiger partial charge in [-0.2, -0.15) is 0 Å². The van der Waals surface area contributed by atoms with Gasteiger partial charge in [0.2, 0.25) is 0 Å². The van der Waals surface area contributed by atoms with Gasteiger partial charge in [0, 0.05) is 23.5 Å². The minimum Gasteiger partial charge on any atom is -0.264 e. The Balaban J connectivity index is 3.10. The van der Waals surface area contributed by atoms with Crippen molar-refractivity contribution < 1.29 is 8.78 Å². The molecule has 0 aliphatic heterocycles. The first-order chi connectivity index (χ1) is 5.29. The molecule has 0 saturated carbocycles. The van der Waals surface area contributed by atoms with Crippen LogP contribution in [0.4, 0.5) is 8.78 Å². The van der Waals surface area contributed by atoms with E-state index < -0.39 is 13.3 Å². The Kier molecular flexibility index (Phi) is 2.76. The van der Waals surface area contributed by atoms with Crippen LogP contribution in [0.5, 0.6) is 0 Å². The van der Waals surface area contributed by atoms with Gasteiger partial charge in [0.25, 0.3) is 0 Å². The van der Waals surface area contributed by atoms with Crippen LogP contribution in [0, 0.1) is 0 Å². The Bertz CT molecular complexity index is 230. The SMILES string of the molecule is FCc1cncc(CF)c1Cl. The maximum absolute atomic E-state index is 12.1. The van der Waals surface area contributed by atoms with Gasteiger partial charge in [-0.3, -0.25) is 4.98 Å². The highest BCUT2D eigenvalue weighted by atomic mass is 35.5. The summed E-state index contributed by atoms with van der Waals surface area (Å²) in [4.78, 5) is 3.62. The van der Waals surface area contributed by atoms with Gasteiger partial charge in [-0.25, -0.2) is 8.78 Å². The highest BCUT2D eigenvalue weighted by Gasteiger charge is 2.05. The van der Waals surface area contributed by atoms with Gasteiger partial charge in [0.1, 0.15) is 13.3 Å². The lowest BCUT2D eigenvalue weighted by atomic mass is 10.2. The monoisotopic (exact) mass is 177 g/mol. The maximum atomic E-state index is 12.1. The van der Waals surface area contributed by atoms with Crippen LogP contribution in [0.2, 0.25) is 5.02 Å². The van der Waals surface area contributed by atoms with E-state index in [-0.39, 0.29) is 16.1 Å². The first kappa shape index (κ1) is 8.40. The second kappa shape index (κ2) is 3.62. The maximum Gasteiger partial charge on any atom is 0.117 e. The highest BCUT2D eigenvalue weighted by molar-refractivity contribution is 6.32. The first-order valence-corrected chi connectivity index (χ1v) is 3.40. The molecule has 1 aromatic heterocycles. The number of halogens is 3. The van der Waals surface area contributed by atoms with Crippen molar-refractivity contribution in [2.75, 3.05) is 0 Å². The van der Waals surface area contributed by atoms with Crippen molar-refractivity contribution >= 4 is 11.6 Å². The molecule has 0 spiro atoms. The van der Waals surface area contributed by atoms with Crippen molar-refractivity contribution in [1.82, 2.24) is 4.98 Å². The second-order valence-corrected chi connectivity index (χ2v) is 2.42. The van der Waals surface area contributed by atoms with Crippen molar-refractivity contribution in [3.8, 4) is 0 Å². The molecule has 0 saturated heterocycles. The molecular weight excluding hydrogens is 172 g/mol. The Hall–Kier alpha value is -0.700. The quantitative estimate of drug-likeness (QED) is 0.677. The van der Waals surface area contributed by atoms with Gasteiger partial charge in [0.15, 0.2) is 0 Å². The summed E-state index contributed by atoms with van der Waals surface area (Å²) in [5.41, 5.74) is 0.476. The third kappa shape index (κ3) is 1.66. The van der Waals surface area contributed by atoms with Crippen LogP contribution >= 0.6 is 11.6 Å². The number of pyridine rings is 1. The van der Waals surface area contributed by atoms with Gasteiger partial charge < -0.3 is 0 Å². The standard InChI is InChI=1S/C7H6ClF2N/c8-7-5(1-9)3-11-4-6(7)2-10/h3-4H,1-2H2. The van der Waals surface area contributed by atoms with Gasteiger partial charge >= 0.3 is 0 Å². The Labute approximate surface area is 68.0 Å². The molecule has 1 aromatic rings. The van der Waals surface area contributed by atoms with E-state index in [1.165, 1.54) is 12.4 Å². The minimum atomic E-state index is -0.709. The van der Waals surface area contributed by atoms with E-state index in [1.807, 2.05) is 0 Å². The molecule has 0 fully saturated rings. The average molecular weight is 178 g/mol. The van der Waals surface area contributed by atoms with Gasteiger partial charge in [-0.15, -0.1) is 0 Å². The lowest BCUT2D eigenvalue weighted by molar-refractivity contribution is 0.473. The second-order valence-electron chi connectivity index (χ2n) is 2.04. The number of rotatable bonds is 2. The van der Waals surface area contributed by atoms with E-state index in [1.54, 1.807) is 0 Å². The van der Waals surface area contributed by atoms with Crippen LogP contribution < -0.4 is 0 Å². The van der Waals surface area contributed by atoms with E-state index in [0.717, 1.165) is 0 Å². The van der Waals surface area contributed by atoms with Crippen LogP contribution in [0.15, 0.2) is 12.4 Å². The van der Waals surface area contributed by atoms with E-state index in [9.17, 15) is 8.78 Å². The minimum absolute atomic E-state index is 0.144. The molecule has 0 unspecified atom stereocenters. The summed E-state index contributed by atoms with van der Waals surface area (Å²) in [6.45, 7) is -1.42. The Morgan fingerprint density at radius 1 is 1.18 bits per heavy atom. The largest absolute Gasteiger partial charge is 0.264 e. The molecule has 0 radical (unpaired) electrons. The molecule has 0 amide bonds. The average Bonchev–Trinajstić information content (AvgIpc) is 2.05. The molecule has 1 heterocycles. The third-order valence-electron chi connectivity index (χ3n) is 1.31. The van der Waals surface area contributed by atoms with Crippen LogP contribution in [0.1, 0.15) is 11.1 Å². The number of hydrogen-bond donors (Lipinski definition) is 0. The normalized spacial score (nSPS) is 10.1. The molecule has 1 rings (SSSR count). The van der Waals surface area contributed by atoms with E-state index in [4.69, 9.17) is 11.6 Å². The molecule has 60 valence electrons. The highest BCUT2D eigenvalue weighted by Crippen LogP contribution is 2.21. The van der Waals surface area contributed by atoms with Crippen molar-refractivity contribution in [2.24, 2.45) is 0 Å². The van der Waals surface area contributed by atoms with E-state index in [2.05, 4.69) is 4.98 Å². The third-order valence-corrected chi connectivity index (χ3v) is 1.80. The van der Waals surface area contributed by atoms with Gasteiger partial charge in [0.05, 0.1) is 5.02 Å². The summed E-state index contributed by atoms with van der Waals surface area (Å²) in [7, 11) is 0. The summed E-state index contributed by atoms with van der Waals surface area (Å²) in [5.74, 6) is 0. The summed E-state index contributed by atoms with van der Waals surface area (Å²) in [5, 5.41) is 0.144. The number of hydrogen-bond acceptors (Lipinski definition) is 1. The van der Waals surface area contributed by atoms with Gasteiger partial charge in [-0.05, 0) is 0 Å². The molecule has 0 N–H and O–H groups in total. The van der Waals surface area contributed by atoms with Crippen LogP contribution in [0.25, 0.3) is 0 Å². The molecule has 0 aliphatic carbocycles. The molecule has 0 aromatic carbocycles. The fourth-order valence-corrected chi connectivity index (χ4v) is 0.922. The van der Waals surface area contributed by atoms with E-state index >= 15 is 0 Å². The predicted molar refractivity (Wildman–Crippen MR) is 38.9 cm³/mol. The zero-order valence-corrected chi connectivity index (χ0v) is 6.41. The van der Waals surface area contributed by atoms with Crippen LogP contribution in [-0.2, 0) is 13.3 Å².